The first-order valence-electron chi connectivity index (χ1n) is 49.4. The summed E-state index contributed by atoms with van der Waals surface area (Å²) in [7, 11) is -14.5. The van der Waals surface area contributed by atoms with Crippen LogP contribution in [0.25, 0.3) is 72.3 Å². The van der Waals surface area contributed by atoms with E-state index in [1.807, 2.05) is 0 Å². The summed E-state index contributed by atoms with van der Waals surface area (Å²) in [6, 6.07) is -25.9. The smallest absolute Gasteiger partial charge is 0.269 e. The molecule has 0 fully saturated rings. The van der Waals surface area contributed by atoms with Gasteiger partial charge in [-0.15, -0.1) is 0 Å². The van der Waals surface area contributed by atoms with Gasteiger partial charge in [-0.25, -0.2) is 4.98 Å². The van der Waals surface area contributed by atoms with Crippen molar-refractivity contribution in [3.8, 4) is 50.9 Å². The first kappa shape index (κ1) is 26.5. The Morgan fingerprint density at radius 2 is 0.870 bits per heavy atom. The second-order valence-electron chi connectivity index (χ2n) is 20.4. The number of hydrogen-bond donors (Lipinski definition) is 0. The summed E-state index contributed by atoms with van der Waals surface area (Å²) in [5, 5.41) is -9.30. The molecule has 92 heavy (non-hydrogen) atoms. The molecule has 7 heteroatoms. The maximum Gasteiger partial charge on any atom is 0.269 e. The van der Waals surface area contributed by atoms with Crippen LogP contribution in [0.5, 0.6) is 11.5 Å². The molecular weight excluding hydrogens is 1150 g/mol. The van der Waals surface area contributed by atoms with Crippen molar-refractivity contribution < 1.29 is 68.2 Å². The van der Waals surface area contributed by atoms with E-state index in [0.717, 1.165) is 22.9 Å². The monoisotopic (exact) mass is 1250 g/mol. The molecule has 0 radical (unpaired) electrons. The van der Waals surface area contributed by atoms with E-state index in [-0.39, 0.29) is 39.6 Å². The first-order valence-corrected chi connectivity index (χ1v) is 31.9. The maximum atomic E-state index is 10.5. The SMILES string of the molecule is [2H]c1c([2H])c([2H])c(-c2cc([Si](c3c([2H])c([2H])c([2H])c([2H])c3[2H])(c3c([2H])c([2H])c([2H])c([2H])c3[2H])c3c([2H])c([2H])c([2H])c([2H])c3[2H])c(-[n+]3[c-]n(-c4cccc(Oc5ccc6c7ccccc7n(-c7cc(C([2H])([2H])[2H])c(-c8c([2H])c([2H])c([2H])c([2H])c8[2H])cn7)c6c5)c4)c4ccccc43)c([Si](c3c([2H])c([2H])c([2H])c([2H])c3[2H])(c3c([2H])c([2H])c([2H])c([2H])c3[2H])c3c([2H])c([2H])c([2H])c([2H])c3[2H])c2)c([2H])c1[2H]. The molecule has 16 rings (SSSR count). The number of aromatic nitrogens is 4. The molecule has 16 aromatic rings. The Kier molecular flexibility index (Phi) is 6.86. The summed E-state index contributed by atoms with van der Waals surface area (Å²) in [6.45, 7) is -3.02. The van der Waals surface area contributed by atoms with Crippen LogP contribution in [0.2, 0.25) is 0 Å². The second-order valence-corrected chi connectivity index (χ2v) is 27.5. The summed E-state index contributed by atoms with van der Waals surface area (Å²) in [5.74, 6) is -0.0816. The van der Waals surface area contributed by atoms with Gasteiger partial charge in [-0.2, -0.15) is 0 Å². The molecule has 0 atom stereocenters. The van der Waals surface area contributed by atoms with Crippen LogP contribution in [0.1, 0.15) is 64.5 Å². The molecule has 0 aliphatic rings. The van der Waals surface area contributed by atoms with Gasteiger partial charge >= 0.3 is 0 Å². The van der Waals surface area contributed by atoms with Crippen molar-refractivity contribution in [1.82, 2.24) is 14.1 Å². The molecule has 0 bridgehead atoms. The van der Waals surface area contributed by atoms with Crippen molar-refractivity contribution in [1.29, 1.82) is 0 Å². The van der Waals surface area contributed by atoms with Crippen molar-refractivity contribution in [2.45, 2.75) is 6.85 Å². The molecule has 0 saturated carbocycles. The summed E-state index contributed by atoms with van der Waals surface area (Å²) in [6.07, 6.45) is 4.30. The van der Waals surface area contributed by atoms with Crippen molar-refractivity contribution in [2.24, 2.45) is 0 Å². The van der Waals surface area contributed by atoms with Crippen LogP contribution in [0.15, 0.2) is 357 Å². The third kappa shape index (κ3) is 9.53. The minimum atomic E-state index is -7.23. The fourth-order valence-electron chi connectivity index (χ4n) is 11.8. The van der Waals surface area contributed by atoms with Crippen LogP contribution in [-0.4, -0.2) is 30.3 Å². The van der Waals surface area contributed by atoms with Crippen LogP contribution < -0.4 is 50.8 Å². The summed E-state index contributed by atoms with van der Waals surface area (Å²) >= 11 is 0. The predicted molar refractivity (Wildman–Crippen MR) is 385 cm³/mol. The fraction of sp³-hybridized carbons (Fsp3) is 0.0118. The van der Waals surface area contributed by atoms with E-state index in [1.165, 1.54) is 59.2 Å². The van der Waals surface area contributed by atoms with Gasteiger partial charge in [0.15, 0.2) is 16.1 Å². The zero-order valence-corrected chi connectivity index (χ0v) is 49.2. The zero-order valence-electron chi connectivity index (χ0n) is 90.2. The molecule has 0 saturated heterocycles. The molecule has 436 valence electrons. The number of imidazole rings is 1. The number of hydrogen-bond acceptors (Lipinski definition) is 2. The Bertz CT molecular complexity index is 7190. The lowest BCUT2D eigenvalue weighted by molar-refractivity contribution is -0.570. The molecule has 0 amide bonds. The third-order valence-electron chi connectivity index (χ3n) is 15.6. The number of rotatable bonds is 15. The number of fused-ring (bicyclic) bond motifs is 4. The Labute approximate surface area is 598 Å². The number of nitrogens with zero attached hydrogens (tertiary/aromatic N) is 4. The van der Waals surface area contributed by atoms with E-state index in [9.17, 15) is 46.6 Å². The van der Waals surface area contributed by atoms with Crippen molar-refractivity contribution in [2.75, 3.05) is 0 Å². The van der Waals surface area contributed by atoms with Crippen LogP contribution >= 0.6 is 0 Å². The fourth-order valence-corrected chi connectivity index (χ4v) is 20.0. The Hall–Kier alpha value is -11.5. The summed E-state index contributed by atoms with van der Waals surface area (Å²) in [4.78, 5) is 4.68. The lowest BCUT2D eigenvalue weighted by Gasteiger charge is -2.41. The van der Waals surface area contributed by atoms with Gasteiger partial charge in [0, 0.05) is 32.7 Å². The largest absolute Gasteiger partial charge is 0.458 e. The molecular formula is C85H62N4OSi2. The predicted octanol–water partition coefficient (Wildman–Crippen LogP) is 14.4. The molecule has 3 heterocycles. The minimum absolute atomic E-state index is 0.0314. The second kappa shape index (κ2) is 23.8. The van der Waals surface area contributed by atoms with Crippen LogP contribution in [0.3, 0.4) is 0 Å². The van der Waals surface area contributed by atoms with Crippen molar-refractivity contribution in [3.63, 3.8) is 0 Å². The molecule has 0 aliphatic carbocycles. The quantitative estimate of drug-likeness (QED) is 0.0444. The standard InChI is InChI=1S/C85H62N4OSi2/c1-62-55-84(86-60-77(62)64-33-12-3-13-34-64)89-78-50-27-26-49-75(78)76-54-53-68(59-81(76)89)90-67-36-30-35-66(58-67)87-61-88(80-52-29-28-51-79(80)87)85-82(91(69-37-14-4-15-38-69,70-39-16-5-17-40-70)71-41-18-6-19-42-71)56-65(63-31-10-2-11-32-63)57-83(85)92(72-43-20-7-21-44-72,73-45-22-8-23-46-73)74-47-24-9-25-48-74/h2-60H,1H3/i1D3,2D,3D,4D,5D,6D,7D,8D,9D,10D,11D,12D,13D,14D,15D,16D,17D,18D,19D,20D,21D,22D,23D,24D,25D,31D,32D,33D,34D,37D,38D,39D,40D,41D,42D,43D,44D,45D,46D,47D,48D. The Balaban J connectivity index is 1.15. The van der Waals surface area contributed by atoms with Gasteiger partial charge in [0.2, 0.25) is 0 Å². The number of aryl methyl sites for hydroxylation is 1. The van der Waals surface area contributed by atoms with Crippen LogP contribution in [0.4, 0.5) is 0 Å². The van der Waals surface area contributed by atoms with Crippen molar-refractivity contribution >= 4 is 90.5 Å². The topological polar surface area (TPSA) is 35.9 Å². The lowest BCUT2D eigenvalue weighted by atomic mass is 10.0. The Morgan fingerprint density at radius 1 is 0.413 bits per heavy atom. The maximum absolute atomic E-state index is 10.5. The summed E-state index contributed by atoms with van der Waals surface area (Å²) in [5.41, 5.74) is -4.22. The summed E-state index contributed by atoms with van der Waals surface area (Å²) < 4.78 is 425. The molecule has 5 nitrogen and oxygen atoms in total. The number of ether oxygens (including phenoxy) is 1. The average molecular weight is 1250 g/mol. The van der Waals surface area contributed by atoms with E-state index in [0.29, 0.717) is 21.8 Å². The van der Waals surface area contributed by atoms with Gasteiger partial charge < -0.3 is 4.74 Å². The van der Waals surface area contributed by atoms with E-state index in [4.69, 9.17) is 17.1 Å². The van der Waals surface area contributed by atoms with Gasteiger partial charge in [0.1, 0.15) is 17.3 Å². The van der Waals surface area contributed by atoms with Gasteiger partial charge in [-0.1, -0.05) is 302 Å². The highest BCUT2D eigenvalue weighted by Crippen LogP contribution is 2.37. The molecule has 0 spiro atoms. The van der Waals surface area contributed by atoms with Crippen LogP contribution in [-0.2, 0) is 0 Å². The van der Waals surface area contributed by atoms with E-state index in [1.54, 1.807) is 47.0 Å². The van der Waals surface area contributed by atoms with Gasteiger partial charge in [-0.3, -0.25) is 13.7 Å². The molecule has 13 aromatic carbocycles. The van der Waals surface area contributed by atoms with Crippen LogP contribution in [0, 0.1) is 13.2 Å². The zero-order chi connectivity index (χ0) is 98.7. The first-order chi connectivity index (χ1) is 63.3. The highest BCUT2D eigenvalue weighted by atomic mass is 28.3. The molecule has 0 unspecified atom stereocenters. The highest BCUT2D eigenvalue weighted by molar-refractivity contribution is 7.22. The number of benzene rings is 13. The molecule has 0 N–H and O–H groups in total. The van der Waals surface area contributed by atoms with Gasteiger partial charge in [0.05, 0.1) is 88.3 Å². The molecule has 3 aromatic heterocycles. The minimum Gasteiger partial charge on any atom is -0.458 e. The number of pyridine rings is 1. The van der Waals surface area contributed by atoms with Gasteiger partial charge in [-0.05, 0) is 113 Å². The van der Waals surface area contributed by atoms with Crippen molar-refractivity contribution in [3.05, 3.63) is 369 Å². The van der Waals surface area contributed by atoms with E-state index < -0.39 is 334 Å². The third-order valence-corrected chi connectivity index (χ3v) is 24.0. The lowest BCUT2D eigenvalue weighted by Crippen LogP contribution is -2.80. The molecule has 0 aliphatic heterocycles. The van der Waals surface area contributed by atoms with Gasteiger partial charge in [0.25, 0.3) is 6.33 Å². The van der Waals surface area contributed by atoms with E-state index in [2.05, 4.69) is 11.3 Å². The Morgan fingerprint density at radius 3 is 1.39 bits per heavy atom. The van der Waals surface area contributed by atoms with E-state index >= 15 is 0 Å². The normalized spacial score (nSPS) is 18.5. The number of para-hydroxylation sites is 3. The average Bonchev–Trinajstić information content (AvgIpc) is 1.43. The highest BCUT2D eigenvalue weighted by Gasteiger charge is 2.49.